The summed E-state index contributed by atoms with van der Waals surface area (Å²) in [7, 11) is 0. The monoisotopic (exact) mass is 456 g/mol. The second-order valence-corrected chi connectivity index (χ2v) is 10.8. The van der Waals surface area contributed by atoms with Gasteiger partial charge in [0.1, 0.15) is 23.0 Å². The Bertz CT molecular complexity index is 1270. The van der Waals surface area contributed by atoms with Crippen LogP contribution >= 0.6 is 0 Å². The molecule has 2 bridgehead atoms. The van der Waals surface area contributed by atoms with E-state index < -0.39 is 51.8 Å². The molecule has 3 aliphatic rings. The van der Waals surface area contributed by atoms with Crippen molar-refractivity contribution in [1.82, 2.24) is 0 Å². The zero-order valence-corrected chi connectivity index (χ0v) is 19.6. The summed E-state index contributed by atoms with van der Waals surface area (Å²) in [5, 5.41) is 11.8. The van der Waals surface area contributed by atoms with Crippen LogP contribution in [0.25, 0.3) is 11.0 Å². The van der Waals surface area contributed by atoms with Crippen molar-refractivity contribution in [1.29, 1.82) is 0 Å². The maximum Gasteiger partial charge on any atom is 0.351 e. The van der Waals surface area contributed by atoms with Gasteiger partial charge in [0.2, 0.25) is 5.60 Å². The van der Waals surface area contributed by atoms with Crippen LogP contribution in [0.2, 0.25) is 0 Å². The fraction of sp³-hybridized carbons (Fsp3) is 0.560. The summed E-state index contributed by atoms with van der Waals surface area (Å²) in [5.41, 5.74) is -3.55. The number of ether oxygens (including phenoxy) is 3. The van der Waals surface area contributed by atoms with Crippen LogP contribution in [0, 0.1) is 17.8 Å². The highest BCUT2D eigenvalue weighted by Gasteiger charge is 2.76. The van der Waals surface area contributed by atoms with Crippen molar-refractivity contribution in [2.24, 2.45) is 10.8 Å². The first-order chi connectivity index (χ1) is 15.2. The van der Waals surface area contributed by atoms with Crippen LogP contribution in [-0.2, 0) is 19.1 Å². The molecule has 0 amide bonds. The second-order valence-electron chi connectivity index (χ2n) is 10.8. The lowest BCUT2D eigenvalue weighted by molar-refractivity contribution is -0.199. The first-order valence-corrected chi connectivity index (χ1v) is 11.1. The van der Waals surface area contributed by atoms with Gasteiger partial charge in [0.15, 0.2) is 6.10 Å². The first-order valence-electron chi connectivity index (χ1n) is 11.1. The summed E-state index contributed by atoms with van der Waals surface area (Å²) in [4.78, 5) is 38.5. The summed E-state index contributed by atoms with van der Waals surface area (Å²) >= 11 is 0. The molecule has 33 heavy (non-hydrogen) atoms. The lowest BCUT2D eigenvalue weighted by Gasteiger charge is -2.43. The number of fused-ring (bicyclic) bond motifs is 5. The largest absolute Gasteiger partial charge is 0.484 e. The van der Waals surface area contributed by atoms with Gasteiger partial charge in [-0.1, -0.05) is 13.8 Å². The van der Waals surface area contributed by atoms with Crippen LogP contribution in [0.1, 0.15) is 64.7 Å². The predicted molar refractivity (Wildman–Crippen MR) is 117 cm³/mol. The Kier molecular flexibility index (Phi) is 4.24. The third-order valence-corrected chi connectivity index (χ3v) is 8.42. The average molecular weight is 456 g/mol. The number of aliphatic hydroxyl groups is 1. The number of rotatable bonds is 2. The number of hydrogen-bond acceptors (Lipinski definition) is 8. The number of hydrogen-bond donors (Lipinski definition) is 1. The molecule has 1 aromatic heterocycles. The highest BCUT2D eigenvalue weighted by Crippen LogP contribution is 2.66. The quantitative estimate of drug-likeness (QED) is 0.541. The standard InChI is InChI=1S/C25H28O8/c1-12-11-15(26)30-17-13(12)7-8-14-16(17)18(19(27)22(2,3)32-14)31-21(29)25-10-9-24(6,20(28)33-25)23(25,4)5/h7-8,11,18-19,27H,9-10H2,1-6H3/t18-,19-,24-,25+/m1/s1. The van der Waals surface area contributed by atoms with Crippen LogP contribution in [0.15, 0.2) is 27.4 Å². The minimum atomic E-state index is -1.46. The van der Waals surface area contributed by atoms with Gasteiger partial charge < -0.3 is 23.7 Å². The van der Waals surface area contributed by atoms with Gasteiger partial charge in [-0.2, -0.15) is 0 Å². The summed E-state index contributed by atoms with van der Waals surface area (Å²) in [6.07, 6.45) is -1.63. The van der Waals surface area contributed by atoms with Crippen molar-refractivity contribution in [2.45, 2.75) is 77.8 Å². The molecular weight excluding hydrogens is 428 g/mol. The van der Waals surface area contributed by atoms with Gasteiger partial charge in [0.25, 0.3) is 0 Å². The van der Waals surface area contributed by atoms with Crippen molar-refractivity contribution in [3.63, 3.8) is 0 Å². The third-order valence-electron chi connectivity index (χ3n) is 8.42. The number of benzene rings is 1. The predicted octanol–water partition coefficient (Wildman–Crippen LogP) is 3.34. The van der Waals surface area contributed by atoms with Gasteiger partial charge in [0.05, 0.1) is 11.0 Å². The van der Waals surface area contributed by atoms with Crippen LogP contribution < -0.4 is 10.4 Å². The second kappa shape index (κ2) is 6.38. The fourth-order valence-corrected chi connectivity index (χ4v) is 5.65. The Balaban J connectivity index is 1.65. The summed E-state index contributed by atoms with van der Waals surface area (Å²) in [6.45, 7) is 10.6. The Morgan fingerprint density at radius 1 is 1.09 bits per heavy atom. The lowest BCUT2D eigenvalue weighted by Crippen LogP contribution is -2.53. The lowest BCUT2D eigenvalue weighted by atomic mass is 9.66. The molecule has 2 aromatic rings. The van der Waals surface area contributed by atoms with Crippen molar-refractivity contribution in [3.8, 4) is 5.75 Å². The van der Waals surface area contributed by atoms with E-state index in [-0.39, 0.29) is 11.1 Å². The Hall–Kier alpha value is -2.87. The normalized spacial score (nSPS) is 33.4. The molecule has 5 rings (SSSR count). The molecule has 1 aromatic carbocycles. The smallest absolute Gasteiger partial charge is 0.351 e. The molecule has 4 atom stereocenters. The van der Waals surface area contributed by atoms with Crippen LogP contribution in [0.5, 0.6) is 5.75 Å². The van der Waals surface area contributed by atoms with E-state index in [1.165, 1.54) is 6.07 Å². The van der Waals surface area contributed by atoms with E-state index in [4.69, 9.17) is 18.6 Å². The molecule has 0 spiro atoms. The molecule has 3 heterocycles. The Labute approximate surface area is 190 Å². The van der Waals surface area contributed by atoms with Gasteiger partial charge >= 0.3 is 17.6 Å². The van der Waals surface area contributed by atoms with E-state index in [1.807, 2.05) is 20.8 Å². The van der Waals surface area contributed by atoms with Crippen molar-refractivity contribution in [3.05, 3.63) is 39.7 Å². The number of carbonyl (C=O) groups is 2. The van der Waals surface area contributed by atoms with Gasteiger partial charge in [-0.05, 0) is 58.2 Å². The molecule has 8 heteroatoms. The van der Waals surface area contributed by atoms with E-state index in [1.54, 1.807) is 32.9 Å². The summed E-state index contributed by atoms with van der Waals surface area (Å²) < 4.78 is 23.2. The van der Waals surface area contributed by atoms with Crippen molar-refractivity contribution < 1.29 is 33.3 Å². The molecule has 2 aliphatic heterocycles. The molecule has 1 aliphatic carbocycles. The highest BCUT2D eigenvalue weighted by molar-refractivity contribution is 5.94. The van der Waals surface area contributed by atoms with E-state index in [0.717, 1.165) is 0 Å². The Morgan fingerprint density at radius 2 is 1.79 bits per heavy atom. The first kappa shape index (κ1) is 21.9. The SMILES string of the molecule is Cc1cc(=O)oc2c3c(ccc12)OC(C)(C)[C@H](O)[C@@H]3OC(=O)[C@]12CC[C@](C)(C(=O)O1)C2(C)C. The van der Waals surface area contributed by atoms with E-state index in [9.17, 15) is 19.5 Å². The molecule has 8 nitrogen and oxygen atoms in total. The maximum atomic E-state index is 13.7. The number of aliphatic hydroxyl groups excluding tert-OH is 1. The van der Waals surface area contributed by atoms with Gasteiger partial charge in [-0.15, -0.1) is 0 Å². The molecule has 1 saturated carbocycles. The minimum absolute atomic E-state index is 0.196. The van der Waals surface area contributed by atoms with Crippen LogP contribution in [-0.4, -0.2) is 34.4 Å². The maximum absolute atomic E-state index is 13.7. The number of aryl methyl sites for hydroxylation is 1. The molecular formula is C25H28O8. The summed E-state index contributed by atoms with van der Waals surface area (Å²) in [6, 6.07) is 4.85. The van der Waals surface area contributed by atoms with E-state index in [2.05, 4.69) is 0 Å². The van der Waals surface area contributed by atoms with Crippen molar-refractivity contribution in [2.75, 3.05) is 0 Å². The topological polar surface area (TPSA) is 112 Å². The van der Waals surface area contributed by atoms with Crippen molar-refractivity contribution >= 4 is 22.9 Å². The molecule has 176 valence electrons. The zero-order valence-electron chi connectivity index (χ0n) is 19.6. The van der Waals surface area contributed by atoms with E-state index >= 15 is 0 Å². The van der Waals surface area contributed by atoms with Gasteiger partial charge in [0, 0.05) is 16.9 Å². The third kappa shape index (κ3) is 2.58. The Morgan fingerprint density at radius 3 is 2.39 bits per heavy atom. The average Bonchev–Trinajstić information content (AvgIpc) is 3.01. The van der Waals surface area contributed by atoms with Crippen LogP contribution in [0.4, 0.5) is 0 Å². The molecule has 0 unspecified atom stereocenters. The number of carbonyl (C=O) groups excluding carboxylic acids is 2. The molecule has 1 saturated heterocycles. The number of esters is 2. The summed E-state index contributed by atoms with van der Waals surface area (Å²) in [5.74, 6) is -0.793. The minimum Gasteiger partial charge on any atom is -0.484 e. The van der Waals surface area contributed by atoms with Gasteiger partial charge in [-0.3, -0.25) is 4.79 Å². The fourth-order valence-electron chi connectivity index (χ4n) is 5.65. The van der Waals surface area contributed by atoms with Gasteiger partial charge in [-0.25, -0.2) is 9.59 Å². The van der Waals surface area contributed by atoms with E-state index in [0.29, 0.717) is 29.5 Å². The highest BCUT2D eigenvalue weighted by atomic mass is 16.6. The van der Waals surface area contributed by atoms with Crippen LogP contribution in [0.3, 0.4) is 0 Å². The molecule has 2 fully saturated rings. The molecule has 1 N–H and O–H groups in total. The molecule has 0 radical (unpaired) electrons. The zero-order chi connectivity index (χ0) is 24.1.